The molecule has 0 radical (unpaired) electrons. The lowest BCUT2D eigenvalue weighted by Gasteiger charge is -2.37. The molecule has 4 aromatic rings. The van der Waals surface area contributed by atoms with Crippen molar-refractivity contribution in [3.8, 4) is 23.7 Å². The van der Waals surface area contributed by atoms with Gasteiger partial charge in [0.25, 0.3) is 0 Å². The molecule has 5 rings (SSSR count). The van der Waals surface area contributed by atoms with Gasteiger partial charge in [-0.05, 0) is 126 Å². The van der Waals surface area contributed by atoms with Crippen LogP contribution in [0.15, 0.2) is 73.3 Å². The van der Waals surface area contributed by atoms with E-state index < -0.39 is 0 Å². The molecule has 3 heterocycles. The van der Waals surface area contributed by atoms with Crippen LogP contribution in [0.1, 0.15) is 155 Å². The smallest absolute Gasteiger partial charge is 0.0743 e. The molecule has 2 aromatic carbocycles. The van der Waals surface area contributed by atoms with Gasteiger partial charge in [0.1, 0.15) is 0 Å². The first-order chi connectivity index (χ1) is 38.2. The Labute approximate surface area is 487 Å². The highest BCUT2D eigenvalue weighted by Crippen LogP contribution is 2.22. The molecule has 1 aliphatic heterocycles. The molecule has 1 aliphatic rings. The molecule has 0 N–H and O–H groups in total. The maximum Gasteiger partial charge on any atom is 0.0743 e. The lowest BCUT2D eigenvalue weighted by Crippen LogP contribution is -2.47. The van der Waals surface area contributed by atoms with E-state index in [9.17, 15) is 0 Å². The number of benzene rings is 2. The third-order valence-electron chi connectivity index (χ3n) is 15.5. The average molecular weight is 1100 g/mol. The van der Waals surface area contributed by atoms with Crippen molar-refractivity contribution in [1.29, 1.82) is 0 Å². The lowest BCUT2D eigenvalue weighted by atomic mass is 10.0. The second kappa shape index (κ2) is 34.9. The zero-order valence-corrected chi connectivity index (χ0v) is 52.8. The molecule has 0 spiro atoms. The van der Waals surface area contributed by atoms with Crippen LogP contribution in [0.5, 0.6) is 0 Å². The van der Waals surface area contributed by atoms with Crippen LogP contribution in [0.2, 0.25) is 0 Å². The Balaban J connectivity index is 1.40. The van der Waals surface area contributed by atoms with Gasteiger partial charge in [-0.25, -0.2) is 0 Å². The van der Waals surface area contributed by atoms with E-state index >= 15 is 0 Å². The fourth-order valence-corrected chi connectivity index (χ4v) is 11.1. The van der Waals surface area contributed by atoms with Crippen molar-refractivity contribution in [1.82, 2.24) is 39.2 Å². The fraction of sp³-hybridized carbons (Fsp3) is 0.676. The normalized spacial score (nSPS) is 23.9. The van der Waals surface area contributed by atoms with E-state index in [1.54, 1.807) is 0 Å². The molecular weight excluding hydrogens is 993 g/mol. The zero-order valence-electron chi connectivity index (χ0n) is 52.8. The van der Waals surface area contributed by atoms with Gasteiger partial charge in [-0.15, -0.1) is 0 Å². The molecular formula is C68H108N8O4. The van der Waals surface area contributed by atoms with E-state index in [4.69, 9.17) is 18.9 Å². The number of nitrogens with zero attached hydrogens (tertiary/aromatic N) is 8. The minimum absolute atomic E-state index is 0.0167. The maximum absolute atomic E-state index is 7.21. The monoisotopic (exact) mass is 1100 g/mol. The van der Waals surface area contributed by atoms with Gasteiger partial charge in [0, 0.05) is 75.6 Å². The highest BCUT2D eigenvalue weighted by atomic mass is 16.5. The van der Waals surface area contributed by atoms with Gasteiger partial charge in [-0.1, -0.05) is 141 Å². The van der Waals surface area contributed by atoms with E-state index in [0.29, 0.717) is 63.2 Å². The van der Waals surface area contributed by atoms with E-state index in [-0.39, 0.29) is 48.6 Å². The lowest BCUT2D eigenvalue weighted by molar-refractivity contribution is -0.0536. The van der Waals surface area contributed by atoms with Crippen molar-refractivity contribution in [2.24, 2.45) is 23.7 Å². The summed E-state index contributed by atoms with van der Waals surface area (Å²) >= 11 is 0. The fourth-order valence-electron chi connectivity index (χ4n) is 11.1. The van der Waals surface area contributed by atoms with Gasteiger partial charge < -0.3 is 18.9 Å². The third kappa shape index (κ3) is 24.6. The van der Waals surface area contributed by atoms with Gasteiger partial charge in [-0.3, -0.25) is 29.0 Å². The van der Waals surface area contributed by atoms with Crippen molar-refractivity contribution in [3.63, 3.8) is 0 Å². The predicted octanol–water partition coefficient (Wildman–Crippen LogP) is 11.5. The molecule has 0 aliphatic carbocycles. The summed E-state index contributed by atoms with van der Waals surface area (Å²) in [5.41, 5.74) is 6.88. The molecule has 8 atom stereocenters. The van der Waals surface area contributed by atoms with Crippen molar-refractivity contribution in [3.05, 3.63) is 107 Å². The Morgan fingerprint density at radius 2 is 0.750 bits per heavy atom. The number of hydrogen-bond donors (Lipinski definition) is 0. The Morgan fingerprint density at radius 1 is 0.450 bits per heavy atom. The Hall–Kier alpha value is -4.34. The van der Waals surface area contributed by atoms with Gasteiger partial charge in [0.05, 0.1) is 87.5 Å². The number of rotatable bonds is 16. The van der Waals surface area contributed by atoms with E-state index in [1.165, 1.54) is 22.3 Å². The summed E-state index contributed by atoms with van der Waals surface area (Å²) in [6.45, 7) is 34.5. The first kappa shape index (κ1) is 66.5. The zero-order chi connectivity index (χ0) is 58.1. The number of ether oxygens (including phenoxy) is 4. The number of likely N-dealkylation sites (N-methyl/N-ethyl adjacent to an activating group) is 4. The van der Waals surface area contributed by atoms with Gasteiger partial charge in [-0.2, -0.15) is 10.2 Å². The highest BCUT2D eigenvalue weighted by Gasteiger charge is 2.29. The first-order valence-electron chi connectivity index (χ1n) is 30.7. The van der Waals surface area contributed by atoms with E-state index in [1.807, 2.05) is 34.2 Å². The molecule has 0 bridgehead atoms. The topological polar surface area (TPSA) is 85.5 Å². The number of hydrogen-bond acceptors (Lipinski definition) is 10. The molecule has 12 heteroatoms. The molecule has 0 saturated carbocycles. The Kier molecular flexibility index (Phi) is 29.0. The standard InChI is InChI=1S/C68H108N8O4/c1-17-19-21-61-37-69-75(43-61)41-59-27-23-57(24-28-59)35-67-45-73(15)63(31-51(3)4)47-77-56(12)40-72(14)66(34-54(9)10)50-80-68(36-58-25-29-60(30-26-58)42-76-44-62(38-70-76)22-20-18-2)46-74(16)64(32-52(5)6)48-78-55(11)39-71(13)65(49-79-67)33-53(7)8/h23-30,37-38,43-44,51-56,63-68H,17-18,31-36,39-42,45-50H2,1-16H3/t55-,56-,63+,64+,65+,66+,67-,68-/m1/s1. The Morgan fingerprint density at radius 3 is 1.06 bits per heavy atom. The minimum atomic E-state index is -0.0167. The van der Waals surface area contributed by atoms with Gasteiger partial charge >= 0.3 is 0 Å². The quantitative estimate of drug-likeness (QED) is 0.101. The molecule has 0 unspecified atom stereocenters. The van der Waals surface area contributed by atoms with Gasteiger partial charge in [0.2, 0.25) is 0 Å². The molecule has 2 aromatic heterocycles. The second-order valence-electron chi connectivity index (χ2n) is 25.3. The summed E-state index contributed by atoms with van der Waals surface area (Å²) in [4.78, 5) is 10.0. The van der Waals surface area contributed by atoms with E-state index in [2.05, 4.69) is 213 Å². The maximum atomic E-state index is 7.21. The second-order valence-corrected chi connectivity index (χ2v) is 25.3. The van der Waals surface area contributed by atoms with Crippen LogP contribution in [-0.2, 0) is 44.9 Å². The first-order valence-corrected chi connectivity index (χ1v) is 30.7. The van der Waals surface area contributed by atoms with Crippen LogP contribution in [0, 0.1) is 47.4 Å². The average Bonchev–Trinajstić information content (AvgIpc) is 4.06. The summed E-state index contributed by atoms with van der Waals surface area (Å²) in [6.07, 6.45) is 15.3. The molecule has 1 fully saturated rings. The van der Waals surface area contributed by atoms with Crippen LogP contribution in [0.3, 0.4) is 0 Å². The SMILES string of the molecule is CCC#Cc1cnn(Cc2ccc(C[C@@H]3CN(C)[C@@H](CC(C)C)CO[C@H](C)CN(C)[C@@H](CC(C)C)CO[C@H](Cc4ccc(Cn5cc(C#CCC)cn5)cc4)CN(C)[C@@H](CC(C)C)CO[C@H](C)CN(C)[C@@H](CC(C)C)CO3)cc2)c1. The van der Waals surface area contributed by atoms with Crippen LogP contribution in [-0.4, -0.2) is 169 Å². The molecule has 444 valence electrons. The summed E-state index contributed by atoms with van der Waals surface area (Å²) in [6, 6.07) is 19.0. The van der Waals surface area contributed by atoms with Crippen LogP contribution < -0.4 is 0 Å². The number of aromatic nitrogens is 4. The van der Waals surface area contributed by atoms with Crippen LogP contribution in [0.4, 0.5) is 0 Å². The van der Waals surface area contributed by atoms with Crippen molar-refractivity contribution < 1.29 is 18.9 Å². The van der Waals surface area contributed by atoms with Crippen molar-refractivity contribution >= 4 is 0 Å². The summed E-state index contributed by atoms with van der Waals surface area (Å²) in [7, 11) is 9.09. The molecule has 0 amide bonds. The van der Waals surface area contributed by atoms with Gasteiger partial charge in [0.15, 0.2) is 0 Å². The molecule has 12 nitrogen and oxygen atoms in total. The largest absolute Gasteiger partial charge is 0.376 e. The van der Waals surface area contributed by atoms with Crippen molar-refractivity contribution in [2.75, 3.05) is 80.8 Å². The molecule has 1 saturated heterocycles. The highest BCUT2D eigenvalue weighted by molar-refractivity contribution is 5.31. The molecule has 80 heavy (non-hydrogen) atoms. The summed E-state index contributed by atoms with van der Waals surface area (Å²) in [5, 5.41) is 9.16. The minimum Gasteiger partial charge on any atom is -0.376 e. The Bertz CT molecular complexity index is 2260. The summed E-state index contributed by atoms with van der Waals surface area (Å²) < 4.78 is 32.2. The summed E-state index contributed by atoms with van der Waals surface area (Å²) in [5.74, 6) is 14.8. The van der Waals surface area contributed by atoms with Crippen molar-refractivity contribution in [2.45, 2.75) is 196 Å². The van der Waals surface area contributed by atoms with Crippen LogP contribution >= 0.6 is 0 Å². The van der Waals surface area contributed by atoms with Crippen LogP contribution in [0.25, 0.3) is 0 Å². The predicted molar refractivity (Wildman–Crippen MR) is 331 cm³/mol. The van der Waals surface area contributed by atoms with E-state index in [0.717, 1.165) is 88.7 Å². The third-order valence-corrected chi connectivity index (χ3v) is 15.5.